The van der Waals surface area contributed by atoms with Crippen molar-refractivity contribution in [1.29, 1.82) is 0 Å². The number of carbonyl (C=O) groups is 2. The zero-order chi connectivity index (χ0) is 13.3. The van der Waals surface area contributed by atoms with Crippen LogP contribution in [-0.4, -0.2) is 40.0 Å². The zero-order valence-corrected chi connectivity index (χ0v) is 10.4. The van der Waals surface area contributed by atoms with Crippen LogP contribution in [0.4, 0.5) is 0 Å². The van der Waals surface area contributed by atoms with Gasteiger partial charge in [-0.3, -0.25) is 9.59 Å². The fraction of sp³-hybridized carbons (Fsp3) is 0.778. The van der Waals surface area contributed by atoms with Crippen LogP contribution in [0.25, 0.3) is 0 Å². The van der Waals surface area contributed by atoms with Gasteiger partial charge in [0.2, 0.25) is 0 Å². The predicted molar refractivity (Wildman–Crippen MR) is 64.5 cm³/mol. The van der Waals surface area contributed by atoms with Crippen molar-refractivity contribution in [1.82, 2.24) is 0 Å². The lowest BCUT2D eigenvalue weighted by Crippen LogP contribution is -2.34. The highest BCUT2D eigenvalue weighted by Crippen LogP contribution is 1.96. The molecule has 6 N–H and O–H groups in total. The van der Waals surface area contributed by atoms with E-state index in [9.17, 15) is 9.59 Å². The number of carboxylic acid groups (broad SMARTS) is 2. The summed E-state index contributed by atoms with van der Waals surface area (Å²) in [5.74, 6) is -1.35. The van der Waals surface area contributed by atoms with Gasteiger partial charge in [-0.25, -0.2) is 0 Å². The largest absolute Gasteiger partial charge is 0.480 e. The number of carboxylic acids is 2. The van der Waals surface area contributed by atoms with Crippen LogP contribution >= 0.6 is 12.6 Å². The summed E-state index contributed by atoms with van der Waals surface area (Å²) in [6, 6.07) is -1.46. The summed E-state index contributed by atoms with van der Waals surface area (Å²) < 4.78 is 0. The Balaban J connectivity index is 0. The molecule has 1 unspecified atom stereocenters. The van der Waals surface area contributed by atoms with E-state index in [-0.39, 0.29) is 5.92 Å². The van der Waals surface area contributed by atoms with Crippen LogP contribution in [0, 0.1) is 5.92 Å². The van der Waals surface area contributed by atoms with Gasteiger partial charge in [-0.1, -0.05) is 13.8 Å². The lowest BCUT2D eigenvalue weighted by Gasteiger charge is -2.07. The molecule has 96 valence electrons. The molecule has 0 aromatic heterocycles. The Morgan fingerprint density at radius 3 is 1.69 bits per heavy atom. The Kier molecular flexibility index (Phi) is 10.4. The van der Waals surface area contributed by atoms with E-state index in [1.807, 2.05) is 0 Å². The highest BCUT2D eigenvalue weighted by atomic mass is 32.1. The molecule has 0 saturated carbocycles. The van der Waals surface area contributed by atoms with Gasteiger partial charge in [-0.2, -0.15) is 12.6 Å². The van der Waals surface area contributed by atoms with Gasteiger partial charge in [-0.05, 0) is 18.1 Å². The Hall–Kier alpha value is -0.790. The first-order chi connectivity index (χ1) is 7.23. The van der Waals surface area contributed by atoms with Crippen molar-refractivity contribution in [3.05, 3.63) is 0 Å². The molecule has 0 aliphatic heterocycles. The summed E-state index contributed by atoms with van der Waals surface area (Å²) in [6.07, 6.45) is 0.429. The lowest BCUT2D eigenvalue weighted by atomic mass is 10.1. The summed E-state index contributed by atoms with van der Waals surface area (Å²) in [5.41, 5.74) is 10.2. The van der Waals surface area contributed by atoms with Gasteiger partial charge in [-0.15, -0.1) is 0 Å². The molecule has 16 heavy (non-hydrogen) atoms. The highest BCUT2D eigenvalue weighted by Gasteiger charge is 2.14. The van der Waals surface area contributed by atoms with E-state index in [0.29, 0.717) is 12.2 Å². The number of thiol groups is 1. The Bertz CT molecular complexity index is 224. The van der Waals surface area contributed by atoms with E-state index in [1.165, 1.54) is 0 Å². The first kappa shape index (κ1) is 17.6. The minimum Gasteiger partial charge on any atom is -0.480 e. The second-order valence-electron chi connectivity index (χ2n) is 3.57. The second kappa shape index (κ2) is 9.44. The second-order valence-corrected chi connectivity index (χ2v) is 4.01. The molecule has 0 spiro atoms. The average Bonchev–Trinajstić information content (AvgIpc) is 2.17. The molecule has 6 nitrogen and oxygen atoms in total. The molecular weight excluding hydrogens is 232 g/mol. The van der Waals surface area contributed by atoms with Gasteiger partial charge in [0, 0.05) is 0 Å². The van der Waals surface area contributed by atoms with E-state index in [2.05, 4.69) is 12.6 Å². The molecule has 0 heterocycles. The average molecular weight is 252 g/mol. The van der Waals surface area contributed by atoms with E-state index < -0.39 is 24.0 Å². The first-order valence-electron chi connectivity index (χ1n) is 4.81. The molecule has 0 saturated heterocycles. The van der Waals surface area contributed by atoms with Crippen molar-refractivity contribution >= 4 is 24.6 Å². The normalized spacial score (nSPS) is 13.6. The van der Waals surface area contributed by atoms with Gasteiger partial charge < -0.3 is 21.7 Å². The summed E-state index contributed by atoms with van der Waals surface area (Å²) in [7, 11) is 0. The quantitative estimate of drug-likeness (QED) is 0.430. The van der Waals surface area contributed by atoms with E-state index in [1.54, 1.807) is 13.8 Å². The predicted octanol–water partition coefficient (Wildman–Crippen LogP) is -0.227. The maximum Gasteiger partial charge on any atom is 0.320 e. The van der Waals surface area contributed by atoms with Crippen LogP contribution in [0.2, 0.25) is 0 Å². The van der Waals surface area contributed by atoms with Crippen molar-refractivity contribution in [3.63, 3.8) is 0 Å². The molecule has 0 bridgehead atoms. The number of hydrogen-bond donors (Lipinski definition) is 5. The summed E-state index contributed by atoms with van der Waals surface area (Å²) in [5, 5.41) is 16.4. The third-order valence-corrected chi connectivity index (χ3v) is 2.02. The molecule has 0 aliphatic rings. The topological polar surface area (TPSA) is 127 Å². The van der Waals surface area contributed by atoms with Gasteiger partial charge in [0.25, 0.3) is 0 Å². The van der Waals surface area contributed by atoms with Crippen LogP contribution < -0.4 is 11.5 Å². The van der Waals surface area contributed by atoms with Crippen LogP contribution in [0.1, 0.15) is 20.3 Å². The number of nitrogens with two attached hydrogens (primary N) is 2. The van der Waals surface area contributed by atoms with Crippen molar-refractivity contribution < 1.29 is 19.8 Å². The molecule has 0 radical (unpaired) electrons. The van der Waals surface area contributed by atoms with Crippen molar-refractivity contribution in [2.45, 2.75) is 32.4 Å². The van der Waals surface area contributed by atoms with E-state index in [4.69, 9.17) is 21.7 Å². The molecule has 7 heteroatoms. The Morgan fingerprint density at radius 1 is 1.19 bits per heavy atom. The number of aliphatic carboxylic acids is 2. The van der Waals surface area contributed by atoms with Crippen LogP contribution in [0.5, 0.6) is 0 Å². The summed E-state index contributed by atoms with van der Waals surface area (Å²) in [4.78, 5) is 19.9. The minimum absolute atomic E-state index is 0.0208. The summed E-state index contributed by atoms with van der Waals surface area (Å²) >= 11 is 3.81. The molecule has 0 aliphatic carbocycles. The SMILES string of the molecule is CC(C)[C@H](N)C(=O)O.NC(CCS)C(=O)O. The molecule has 0 aromatic carbocycles. The van der Waals surface area contributed by atoms with Crippen LogP contribution in [0.15, 0.2) is 0 Å². The molecule has 0 aromatic rings. The third-order valence-electron chi connectivity index (χ3n) is 1.76. The maximum atomic E-state index is 10.0. The molecule has 0 amide bonds. The lowest BCUT2D eigenvalue weighted by molar-refractivity contribution is -0.140. The Morgan fingerprint density at radius 2 is 1.62 bits per heavy atom. The monoisotopic (exact) mass is 252 g/mol. The van der Waals surface area contributed by atoms with Crippen molar-refractivity contribution in [2.75, 3.05) is 5.75 Å². The van der Waals surface area contributed by atoms with Crippen molar-refractivity contribution in [3.8, 4) is 0 Å². The van der Waals surface area contributed by atoms with Gasteiger partial charge in [0.05, 0.1) is 0 Å². The van der Waals surface area contributed by atoms with Crippen LogP contribution in [-0.2, 0) is 9.59 Å². The maximum absolute atomic E-state index is 10.0. The summed E-state index contributed by atoms with van der Waals surface area (Å²) in [6.45, 7) is 3.55. The van der Waals surface area contributed by atoms with Gasteiger partial charge in [0.15, 0.2) is 0 Å². The molecule has 0 rings (SSSR count). The van der Waals surface area contributed by atoms with Crippen molar-refractivity contribution in [2.24, 2.45) is 17.4 Å². The Labute approximate surface area is 100 Å². The van der Waals surface area contributed by atoms with E-state index in [0.717, 1.165) is 0 Å². The molecular formula is C9H20N2O4S. The fourth-order valence-corrected chi connectivity index (χ4v) is 0.826. The first-order valence-corrected chi connectivity index (χ1v) is 5.44. The molecule has 2 atom stereocenters. The van der Waals surface area contributed by atoms with E-state index >= 15 is 0 Å². The fourth-order valence-electron chi connectivity index (χ4n) is 0.548. The highest BCUT2D eigenvalue weighted by molar-refractivity contribution is 7.80. The zero-order valence-electron chi connectivity index (χ0n) is 9.46. The smallest absolute Gasteiger partial charge is 0.320 e. The number of rotatable bonds is 5. The van der Waals surface area contributed by atoms with Crippen LogP contribution in [0.3, 0.4) is 0 Å². The standard InChI is InChI=1S/C5H11NO2.C4H9NO2S/c1-3(2)4(6)5(7)8;5-3(1-2-8)4(6)7/h3-4H,6H2,1-2H3,(H,7,8);3,8H,1-2,5H2,(H,6,7)/t4-;/m0./s1. The number of hydrogen-bond acceptors (Lipinski definition) is 5. The molecule has 0 fully saturated rings. The van der Waals surface area contributed by atoms with Gasteiger partial charge in [0.1, 0.15) is 12.1 Å². The minimum atomic E-state index is -0.959. The third kappa shape index (κ3) is 9.75. The van der Waals surface area contributed by atoms with Gasteiger partial charge >= 0.3 is 11.9 Å².